The molecule has 0 saturated carbocycles. The van der Waals surface area contributed by atoms with E-state index in [9.17, 15) is 0 Å². The maximum Gasteiger partial charge on any atom is 0.135 e. The largest absolute Gasteiger partial charge is 0.488 e. The van der Waals surface area contributed by atoms with Crippen LogP contribution in [-0.2, 0) is 13.2 Å². The molecule has 0 radical (unpaired) electrons. The lowest BCUT2D eigenvalue weighted by atomic mass is 9.84. The van der Waals surface area contributed by atoms with Crippen LogP contribution < -0.4 is 9.47 Å². The quantitative estimate of drug-likeness (QED) is 0.177. The summed E-state index contributed by atoms with van der Waals surface area (Å²) in [5, 5.41) is 16.4. The van der Waals surface area contributed by atoms with E-state index in [-0.39, 0.29) is 0 Å². The minimum atomic E-state index is 0.480. The summed E-state index contributed by atoms with van der Waals surface area (Å²) in [6.45, 7) is 0.981. The molecule has 330 valence electrons. The number of rotatable bonds is 3. The lowest BCUT2D eigenvalue weighted by Crippen LogP contribution is -2.02. The summed E-state index contributed by atoms with van der Waals surface area (Å²) in [5.74, 6) is 1.82. The molecule has 0 saturated heterocycles. The second kappa shape index (κ2) is 14.7. The Bertz CT molecular complexity index is 4440. The Morgan fingerprint density at radius 3 is 1.38 bits per heavy atom. The highest BCUT2D eigenvalue weighted by molar-refractivity contribution is 6.25. The second-order valence-electron chi connectivity index (χ2n) is 19.3. The van der Waals surface area contributed by atoms with Gasteiger partial charge in [-0.1, -0.05) is 176 Å². The van der Waals surface area contributed by atoms with Gasteiger partial charge in [0.1, 0.15) is 35.9 Å². The molecule has 2 aliphatic rings. The van der Waals surface area contributed by atoms with Crippen LogP contribution in [0.2, 0.25) is 0 Å². The Hall–Kier alpha value is -9.18. The lowest BCUT2D eigenvalue weighted by molar-refractivity contribution is 0.311. The Labute approximate surface area is 408 Å². The molecule has 0 amide bonds. The van der Waals surface area contributed by atoms with Crippen LogP contribution in [0.25, 0.3) is 142 Å². The molecule has 0 unspecified atom stereocenters. The van der Waals surface area contributed by atoms with Crippen molar-refractivity contribution in [2.75, 3.05) is 0 Å². The summed E-state index contributed by atoms with van der Waals surface area (Å²) >= 11 is 0. The van der Waals surface area contributed by atoms with Crippen LogP contribution in [0.15, 0.2) is 223 Å². The Kier molecular flexibility index (Phi) is 8.00. The average Bonchev–Trinajstić information content (AvgIpc) is 3.56. The maximum absolute atomic E-state index is 6.90. The van der Waals surface area contributed by atoms with E-state index < -0.39 is 0 Å². The molecule has 0 spiro atoms. The van der Waals surface area contributed by atoms with E-state index >= 15 is 0 Å². The first-order valence-electron chi connectivity index (χ1n) is 24.5. The van der Waals surface area contributed by atoms with Gasteiger partial charge in [0.2, 0.25) is 0 Å². The number of hydrogen-bond donors (Lipinski definition) is 0. The molecule has 3 nitrogen and oxygen atoms in total. The van der Waals surface area contributed by atoms with E-state index in [0.29, 0.717) is 13.2 Å². The first-order valence-corrected chi connectivity index (χ1v) is 24.5. The monoisotopic (exact) mass is 904 g/mol. The summed E-state index contributed by atoms with van der Waals surface area (Å²) in [6.07, 6.45) is 0. The van der Waals surface area contributed by atoms with Gasteiger partial charge in [-0.25, -0.2) is 0 Å². The van der Waals surface area contributed by atoms with Gasteiger partial charge in [-0.05, 0) is 163 Å². The standard InChI is InChI=1S/C68H40O3/c1-10-39-11-2-17-53-57-24-8-21-51-48(30-32-60(67(51)57)70-37-42(16-1)63(39)53)45-34-44(47-29-28-43-38-69-59-26-5-14-40-12-3-18-55(65(40)59)54-23-7-20-50(47)64(43)54)35-46(36-45)49-31-33-62-68-52(49)22-9-25-58(68)56-19-4-13-41-15-6-27-61(71-62)66(41)56/h1-36H,37-38H2. The van der Waals surface area contributed by atoms with Crippen LogP contribution in [0.4, 0.5) is 0 Å². The van der Waals surface area contributed by atoms with Crippen LogP contribution in [0, 0.1) is 0 Å². The Morgan fingerprint density at radius 1 is 0.254 bits per heavy atom. The summed E-state index contributed by atoms with van der Waals surface area (Å²) in [5.41, 5.74) is 15.8. The molecule has 3 heterocycles. The van der Waals surface area contributed by atoms with E-state index in [1.54, 1.807) is 0 Å². The van der Waals surface area contributed by atoms with Gasteiger partial charge in [0.25, 0.3) is 0 Å². The SMILES string of the molecule is c1cc2c3c(cccc3c1)-c1cccc3c(-c4cc(-c5ccc6c7c(cccc57)-c5cccc7cccc(c57)OC6)cc(-c5ccc6oc7cccc8cccc(c9cccc5c69)c87)c4)ccc(c13)OC2. The van der Waals surface area contributed by atoms with E-state index in [1.807, 2.05) is 0 Å². The number of fused-ring (bicyclic) bond motifs is 3. The Balaban J connectivity index is 0.988. The Morgan fingerprint density at radius 2 is 0.676 bits per heavy atom. The zero-order chi connectivity index (χ0) is 46.3. The molecule has 0 atom stereocenters. The minimum absolute atomic E-state index is 0.480. The van der Waals surface area contributed by atoms with Crippen molar-refractivity contribution in [2.24, 2.45) is 0 Å². The summed E-state index contributed by atoms with van der Waals surface area (Å²) < 4.78 is 20.4. The lowest BCUT2D eigenvalue weighted by Gasteiger charge is -2.22. The van der Waals surface area contributed by atoms with Crippen LogP contribution >= 0.6 is 0 Å². The zero-order valence-corrected chi connectivity index (χ0v) is 38.4. The number of hydrogen-bond acceptors (Lipinski definition) is 3. The van der Waals surface area contributed by atoms with E-state index in [4.69, 9.17) is 13.9 Å². The minimum Gasteiger partial charge on any atom is -0.488 e. The molecule has 0 bridgehead atoms. The predicted molar refractivity (Wildman–Crippen MR) is 295 cm³/mol. The molecule has 71 heavy (non-hydrogen) atoms. The van der Waals surface area contributed by atoms with Crippen molar-refractivity contribution in [1.82, 2.24) is 0 Å². The van der Waals surface area contributed by atoms with Crippen LogP contribution in [-0.4, -0.2) is 0 Å². The van der Waals surface area contributed by atoms with Gasteiger partial charge in [-0.3, -0.25) is 0 Å². The van der Waals surface area contributed by atoms with Gasteiger partial charge in [0, 0.05) is 21.5 Å². The van der Waals surface area contributed by atoms with Gasteiger partial charge in [-0.15, -0.1) is 0 Å². The molecular weight excluding hydrogens is 865 g/mol. The normalized spacial score (nSPS) is 12.9. The molecule has 14 aromatic rings. The zero-order valence-electron chi connectivity index (χ0n) is 38.4. The van der Waals surface area contributed by atoms with Crippen molar-refractivity contribution in [3.63, 3.8) is 0 Å². The second-order valence-corrected chi connectivity index (χ2v) is 19.3. The molecule has 0 aliphatic carbocycles. The highest BCUT2D eigenvalue weighted by Crippen LogP contribution is 2.49. The topological polar surface area (TPSA) is 31.6 Å². The molecule has 2 aliphatic heterocycles. The summed E-state index contributed by atoms with van der Waals surface area (Å²) in [6, 6.07) is 80.1. The van der Waals surface area contributed by atoms with Crippen molar-refractivity contribution in [2.45, 2.75) is 13.2 Å². The smallest absolute Gasteiger partial charge is 0.135 e. The summed E-state index contributed by atoms with van der Waals surface area (Å²) in [7, 11) is 0. The molecule has 0 fully saturated rings. The van der Waals surface area contributed by atoms with E-state index in [0.717, 1.165) is 82.8 Å². The average molecular weight is 905 g/mol. The third kappa shape index (κ3) is 5.60. The molecular formula is C68H40O3. The van der Waals surface area contributed by atoms with Crippen LogP contribution in [0.5, 0.6) is 11.5 Å². The first kappa shape index (κ1) is 38.8. The van der Waals surface area contributed by atoms with Gasteiger partial charge in [0.15, 0.2) is 0 Å². The molecule has 0 N–H and O–H groups in total. The van der Waals surface area contributed by atoms with Gasteiger partial charge >= 0.3 is 0 Å². The third-order valence-corrected chi connectivity index (χ3v) is 15.6. The summed E-state index contributed by atoms with van der Waals surface area (Å²) in [4.78, 5) is 0. The van der Waals surface area contributed by atoms with Crippen LogP contribution in [0.3, 0.4) is 0 Å². The molecule has 16 rings (SSSR count). The van der Waals surface area contributed by atoms with Gasteiger partial charge < -0.3 is 13.9 Å². The van der Waals surface area contributed by atoms with Gasteiger partial charge in [0.05, 0.1) is 0 Å². The van der Waals surface area contributed by atoms with Crippen molar-refractivity contribution in [3.05, 3.63) is 230 Å². The first-order chi connectivity index (χ1) is 35.2. The predicted octanol–water partition coefficient (Wildman–Crippen LogP) is 18.6. The molecule has 1 aromatic heterocycles. The fraction of sp³-hybridized carbons (Fsp3) is 0.0294. The number of ether oxygens (including phenoxy) is 2. The van der Waals surface area contributed by atoms with Gasteiger partial charge in [-0.2, -0.15) is 0 Å². The molecule has 13 aromatic carbocycles. The van der Waals surface area contributed by atoms with Crippen molar-refractivity contribution >= 4 is 86.6 Å². The highest BCUT2D eigenvalue weighted by Gasteiger charge is 2.24. The van der Waals surface area contributed by atoms with E-state index in [1.165, 1.54) is 82.0 Å². The van der Waals surface area contributed by atoms with Crippen molar-refractivity contribution in [1.29, 1.82) is 0 Å². The van der Waals surface area contributed by atoms with Crippen LogP contribution in [0.1, 0.15) is 11.1 Å². The maximum atomic E-state index is 6.90. The fourth-order valence-corrected chi connectivity index (χ4v) is 12.5. The fourth-order valence-electron chi connectivity index (χ4n) is 12.5. The highest BCUT2D eigenvalue weighted by atomic mass is 16.5. The van der Waals surface area contributed by atoms with Crippen molar-refractivity contribution in [3.8, 4) is 67.1 Å². The number of benzene rings is 13. The van der Waals surface area contributed by atoms with E-state index in [2.05, 4.69) is 218 Å². The van der Waals surface area contributed by atoms with Crippen molar-refractivity contribution < 1.29 is 13.9 Å². The third-order valence-electron chi connectivity index (χ3n) is 15.6. The molecule has 3 heteroatoms.